The molecule has 0 saturated heterocycles. The highest BCUT2D eigenvalue weighted by molar-refractivity contribution is 6.14. The predicted octanol–water partition coefficient (Wildman–Crippen LogP) is 4.33. The number of carbonyl (C=O) groups excluding carboxylic acids is 1. The molecular formula is C21H17NO3. The standard InChI is InChI=1S/C21H17NO3/c1-3-22-18-9-10-19-15(8-11-20(23)25-19)17(18)12-13(2)14-6-4-5-7-16(14)21(22)24/h4-12H,3H2,1-2H3/b13-12-. The maximum absolute atomic E-state index is 13.1. The fraction of sp³-hybridized carbons (Fsp3) is 0.143. The Bertz CT molecular complexity index is 1090. The molecule has 2 aromatic carbocycles. The topological polar surface area (TPSA) is 50.5 Å². The maximum atomic E-state index is 13.1. The van der Waals surface area contributed by atoms with Gasteiger partial charge in [-0.2, -0.15) is 0 Å². The molecule has 1 amide bonds. The van der Waals surface area contributed by atoms with E-state index in [4.69, 9.17) is 4.42 Å². The summed E-state index contributed by atoms with van der Waals surface area (Å²) < 4.78 is 5.31. The molecule has 0 atom stereocenters. The summed E-state index contributed by atoms with van der Waals surface area (Å²) in [6.45, 7) is 4.50. The summed E-state index contributed by atoms with van der Waals surface area (Å²) in [6.07, 6.45) is 2.06. The van der Waals surface area contributed by atoms with E-state index in [2.05, 4.69) is 6.08 Å². The molecule has 4 rings (SSSR count). The SMILES string of the molecule is CCN1C(=O)c2ccccc2/C(C)=C\c2c1ccc1oc(=O)ccc21. The number of carbonyl (C=O) groups is 1. The zero-order chi connectivity index (χ0) is 17.6. The molecule has 3 aromatic rings. The van der Waals surface area contributed by atoms with Gasteiger partial charge in [0, 0.05) is 29.1 Å². The number of rotatable bonds is 1. The lowest BCUT2D eigenvalue weighted by Crippen LogP contribution is -2.32. The van der Waals surface area contributed by atoms with Crippen molar-refractivity contribution in [2.24, 2.45) is 0 Å². The van der Waals surface area contributed by atoms with Crippen LogP contribution in [0.3, 0.4) is 0 Å². The van der Waals surface area contributed by atoms with Crippen LogP contribution < -0.4 is 10.5 Å². The number of fused-ring (bicyclic) bond motifs is 4. The van der Waals surface area contributed by atoms with Crippen molar-refractivity contribution in [2.45, 2.75) is 13.8 Å². The van der Waals surface area contributed by atoms with Gasteiger partial charge in [-0.3, -0.25) is 4.79 Å². The van der Waals surface area contributed by atoms with Gasteiger partial charge in [-0.15, -0.1) is 0 Å². The molecule has 1 aliphatic rings. The monoisotopic (exact) mass is 331 g/mol. The Kier molecular flexibility index (Phi) is 3.53. The number of hydrogen-bond donors (Lipinski definition) is 0. The third-order valence-electron chi connectivity index (χ3n) is 4.62. The normalized spacial score (nSPS) is 15.8. The number of amides is 1. The average molecular weight is 331 g/mol. The van der Waals surface area contributed by atoms with Crippen LogP contribution in [0, 0.1) is 0 Å². The van der Waals surface area contributed by atoms with E-state index < -0.39 is 0 Å². The van der Waals surface area contributed by atoms with Crippen molar-refractivity contribution in [3.63, 3.8) is 0 Å². The molecule has 0 bridgehead atoms. The van der Waals surface area contributed by atoms with Crippen molar-refractivity contribution < 1.29 is 9.21 Å². The lowest BCUT2D eigenvalue weighted by molar-refractivity contribution is 0.0988. The molecular weight excluding hydrogens is 314 g/mol. The van der Waals surface area contributed by atoms with Gasteiger partial charge < -0.3 is 9.32 Å². The van der Waals surface area contributed by atoms with E-state index >= 15 is 0 Å². The minimum absolute atomic E-state index is 0.0245. The van der Waals surface area contributed by atoms with Gasteiger partial charge in [-0.1, -0.05) is 18.2 Å². The lowest BCUT2D eigenvalue weighted by Gasteiger charge is -2.27. The summed E-state index contributed by atoms with van der Waals surface area (Å²) in [7, 11) is 0. The van der Waals surface area contributed by atoms with E-state index in [1.54, 1.807) is 17.0 Å². The van der Waals surface area contributed by atoms with Crippen LogP contribution in [-0.2, 0) is 0 Å². The molecule has 1 aliphatic heterocycles. The van der Waals surface area contributed by atoms with Crippen LogP contribution in [0.5, 0.6) is 0 Å². The molecule has 0 unspecified atom stereocenters. The van der Waals surface area contributed by atoms with Crippen LogP contribution in [0.25, 0.3) is 22.6 Å². The third-order valence-corrected chi connectivity index (χ3v) is 4.62. The average Bonchev–Trinajstić information content (AvgIpc) is 2.62. The number of allylic oxidation sites excluding steroid dienone is 1. The molecule has 0 spiro atoms. The van der Waals surface area contributed by atoms with E-state index in [9.17, 15) is 9.59 Å². The minimum atomic E-state index is -0.382. The summed E-state index contributed by atoms with van der Waals surface area (Å²) in [5.41, 5.74) is 4.47. The summed E-state index contributed by atoms with van der Waals surface area (Å²) in [5, 5.41) is 0.821. The van der Waals surface area contributed by atoms with Gasteiger partial charge in [0.05, 0.1) is 5.69 Å². The summed E-state index contributed by atoms with van der Waals surface area (Å²) >= 11 is 0. The van der Waals surface area contributed by atoms with E-state index in [1.807, 2.05) is 44.2 Å². The zero-order valence-electron chi connectivity index (χ0n) is 14.1. The van der Waals surface area contributed by atoms with Crippen molar-refractivity contribution in [3.8, 4) is 0 Å². The summed E-state index contributed by atoms with van der Waals surface area (Å²) in [5.74, 6) is -0.0245. The smallest absolute Gasteiger partial charge is 0.336 e. The first-order chi connectivity index (χ1) is 12.1. The predicted molar refractivity (Wildman–Crippen MR) is 99.8 cm³/mol. The van der Waals surface area contributed by atoms with Crippen molar-refractivity contribution in [2.75, 3.05) is 11.4 Å². The first kappa shape index (κ1) is 15.4. The van der Waals surface area contributed by atoms with Crippen LogP contribution in [0.2, 0.25) is 0 Å². The van der Waals surface area contributed by atoms with E-state index in [1.165, 1.54) is 6.07 Å². The molecule has 124 valence electrons. The summed E-state index contributed by atoms with van der Waals surface area (Å²) in [4.78, 5) is 26.4. The van der Waals surface area contributed by atoms with E-state index in [0.29, 0.717) is 17.7 Å². The number of hydrogen-bond acceptors (Lipinski definition) is 3. The highest BCUT2D eigenvalue weighted by Crippen LogP contribution is 2.36. The van der Waals surface area contributed by atoms with Crippen LogP contribution >= 0.6 is 0 Å². The Morgan fingerprint density at radius 2 is 1.72 bits per heavy atom. The van der Waals surface area contributed by atoms with Gasteiger partial charge in [-0.25, -0.2) is 4.79 Å². The van der Waals surface area contributed by atoms with Gasteiger partial charge in [0.1, 0.15) is 5.58 Å². The number of nitrogens with zero attached hydrogens (tertiary/aromatic N) is 1. The molecule has 2 heterocycles. The van der Waals surface area contributed by atoms with Gasteiger partial charge in [0.15, 0.2) is 0 Å². The first-order valence-corrected chi connectivity index (χ1v) is 8.26. The third kappa shape index (κ3) is 2.38. The molecule has 4 nitrogen and oxygen atoms in total. The van der Waals surface area contributed by atoms with Crippen molar-refractivity contribution in [1.82, 2.24) is 0 Å². The van der Waals surface area contributed by atoms with Gasteiger partial charge >= 0.3 is 5.63 Å². The van der Waals surface area contributed by atoms with Crippen molar-refractivity contribution in [1.29, 1.82) is 0 Å². The molecule has 25 heavy (non-hydrogen) atoms. The fourth-order valence-corrected chi connectivity index (χ4v) is 3.42. The second-order valence-corrected chi connectivity index (χ2v) is 6.09. The minimum Gasteiger partial charge on any atom is -0.423 e. The highest BCUT2D eigenvalue weighted by atomic mass is 16.4. The number of benzene rings is 2. The Labute approximate surface area is 145 Å². The highest BCUT2D eigenvalue weighted by Gasteiger charge is 2.24. The quantitative estimate of drug-likeness (QED) is 0.624. The second kappa shape index (κ2) is 5.74. The Morgan fingerprint density at radius 3 is 2.48 bits per heavy atom. The number of anilines is 1. The van der Waals surface area contributed by atoms with Crippen LogP contribution in [0.1, 0.15) is 35.3 Å². The van der Waals surface area contributed by atoms with Gasteiger partial charge in [0.2, 0.25) is 0 Å². The maximum Gasteiger partial charge on any atom is 0.336 e. The second-order valence-electron chi connectivity index (χ2n) is 6.09. The Balaban J connectivity index is 2.12. The van der Waals surface area contributed by atoms with Crippen molar-refractivity contribution in [3.05, 3.63) is 75.6 Å². The van der Waals surface area contributed by atoms with Gasteiger partial charge in [-0.05, 0) is 55.3 Å². The van der Waals surface area contributed by atoms with Crippen LogP contribution in [0.15, 0.2) is 57.7 Å². The van der Waals surface area contributed by atoms with Gasteiger partial charge in [0.25, 0.3) is 5.91 Å². The van der Waals surface area contributed by atoms with Crippen molar-refractivity contribution >= 4 is 34.2 Å². The van der Waals surface area contributed by atoms with E-state index in [0.717, 1.165) is 27.8 Å². The molecule has 0 aliphatic carbocycles. The molecule has 0 radical (unpaired) electrons. The van der Waals surface area contributed by atoms with Crippen LogP contribution in [0.4, 0.5) is 5.69 Å². The lowest BCUT2D eigenvalue weighted by atomic mass is 9.93. The Hall–Kier alpha value is -3.14. The first-order valence-electron chi connectivity index (χ1n) is 8.26. The van der Waals surface area contributed by atoms with E-state index in [-0.39, 0.29) is 11.5 Å². The van der Waals surface area contributed by atoms with Crippen LogP contribution in [-0.4, -0.2) is 12.5 Å². The summed E-state index contributed by atoms with van der Waals surface area (Å²) in [6, 6.07) is 14.4. The zero-order valence-corrected chi connectivity index (χ0v) is 14.1. The molecule has 0 fully saturated rings. The molecule has 4 heteroatoms. The largest absolute Gasteiger partial charge is 0.423 e. The molecule has 0 N–H and O–H groups in total. The Morgan fingerprint density at radius 1 is 0.960 bits per heavy atom. The fourth-order valence-electron chi connectivity index (χ4n) is 3.42. The molecule has 0 saturated carbocycles. The molecule has 1 aromatic heterocycles.